The maximum absolute atomic E-state index is 12.2. The van der Waals surface area contributed by atoms with Gasteiger partial charge in [-0.15, -0.1) is 0 Å². The summed E-state index contributed by atoms with van der Waals surface area (Å²) in [5.41, 5.74) is 0. The summed E-state index contributed by atoms with van der Waals surface area (Å²) in [6.07, 6.45) is 39.7. The third-order valence-electron chi connectivity index (χ3n) is 10.6. The maximum Gasteiger partial charge on any atom is 0.219 e. The summed E-state index contributed by atoms with van der Waals surface area (Å²) in [6, 6.07) is 0. The van der Waals surface area contributed by atoms with E-state index in [4.69, 9.17) is 0 Å². The van der Waals surface area contributed by atoms with E-state index in [1.54, 1.807) is 0 Å². The number of hydrogen-bond acceptors (Lipinski definition) is 3. The van der Waals surface area contributed by atoms with Crippen LogP contribution >= 0.6 is 0 Å². The summed E-state index contributed by atoms with van der Waals surface area (Å²) < 4.78 is 0. The van der Waals surface area contributed by atoms with Gasteiger partial charge in [0, 0.05) is 25.9 Å². The molecule has 0 aliphatic carbocycles. The Labute approximate surface area is 307 Å². The zero-order valence-corrected chi connectivity index (χ0v) is 33.9. The summed E-state index contributed by atoms with van der Waals surface area (Å²) in [5, 5.41) is 9.97. The summed E-state index contributed by atoms with van der Waals surface area (Å²) in [5.74, 6) is 2.22. The lowest BCUT2D eigenvalue weighted by Crippen LogP contribution is -2.24. The van der Waals surface area contributed by atoms with Crippen molar-refractivity contribution in [2.45, 2.75) is 233 Å². The number of amides is 2. The second kappa shape index (κ2) is 39.7. The highest BCUT2D eigenvalue weighted by Gasteiger charge is 2.10. The molecular weight excluding hydrogens is 603 g/mol. The molecule has 0 aliphatic rings. The molecule has 0 aromatic heterocycles. The molecule has 0 heterocycles. The molecule has 292 valence electrons. The van der Waals surface area contributed by atoms with E-state index in [9.17, 15) is 9.59 Å². The van der Waals surface area contributed by atoms with Crippen molar-refractivity contribution in [3.8, 4) is 0 Å². The lowest BCUT2D eigenvalue weighted by Gasteiger charge is -2.17. The average molecular weight is 692 g/mol. The molecule has 0 saturated carbocycles. The van der Waals surface area contributed by atoms with Gasteiger partial charge < -0.3 is 16.0 Å². The van der Waals surface area contributed by atoms with E-state index >= 15 is 0 Å². The van der Waals surface area contributed by atoms with Gasteiger partial charge in [-0.25, -0.2) is 0 Å². The Kier molecular flexibility index (Phi) is 38.8. The number of nitrogens with one attached hydrogen (secondary N) is 3. The van der Waals surface area contributed by atoms with Crippen LogP contribution in [0.3, 0.4) is 0 Å². The van der Waals surface area contributed by atoms with Crippen LogP contribution in [0.1, 0.15) is 233 Å². The molecule has 0 rings (SSSR count). The monoisotopic (exact) mass is 692 g/mol. The summed E-state index contributed by atoms with van der Waals surface area (Å²) in [6.45, 7) is 13.1. The first kappa shape index (κ1) is 47.9. The molecule has 0 radical (unpaired) electrons. The van der Waals surface area contributed by atoms with Crippen LogP contribution in [-0.2, 0) is 9.59 Å². The number of rotatable bonds is 40. The van der Waals surface area contributed by atoms with Gasteiger partial charge in [0.05, 0.1) is 0 Å². The maximum atomic E-state index is 12.2. The van der Waals surface area contributed by atoms with Crippen LogP contribution < -0.4 is 16.0 Å². The first-order valence-corrected chi connectivity index (χ1v) is 22.3. The van der Waals surface area contributed by atoms with E-state index in [0.29, 0.717) is 12.8 Å². The Hall–Kier alpha value is -1.10. The highest BCUT2D eigenvalue weighted by Crippen LogP contribution is 2.23. The molecule has 0 atom stereocenters. The molecule has 0 aliphatic heterocycles. The van der Waals surface area contributed by atoms with Gasteiger partial charge in [-0.2, -0.15) is 0 Å². The minimum Gasteiger partial charge on any atom is -0.356 e. The largest absolute Gasteiger partial charge is 0.356 e. The highest BCUT2D eigenvalue weighted by molar-refractivity contribution is 5.76. The summed E-state index contributed by atoms with van der Waals surface area (Å²) in [4.78, 5) is 24.5. The molecular formula is C44H89N3O2. The second-order valence-electron chi connectivity index (χ2n) is 15.5. The topological polar surface area (TPSA) is 70.2 Å². The zero-order chi connectivity index (χ0) is 35.9. The Morgan fingerprint density at radius 1 is 0.347 bits per heavy atom. The van der Waals surface area contributed by atoms with E-state index in [1.165, 1.54) is 167 Å². The van der Waals surface area contributed by atoms with Crippen LogP contribution in [0.5, 0.6) is 0 Å². The van der Waals surface area contributed by atoms with Crippen molar-refractivity contribution in [1.29, 1.82) is 0 Å². The third-order valence-corrected chi connectivity index (χ3v) is 10.6. The third kappa shape index (κ3) is 36.5. The summed E-state index contributed by atoms with van der Waals surface area (Å²) in [7, 11) is 0. The standard InChI is InChI=1S/C44H89N3O2/c1-5-9-19-29-41(30-20-10-6-2)33-27-39-46-43(48)35-23-15-13-17-25-37-45-38-26-18-14-16-24-36-44(49)47-40-28-34-42(31-21-11-7-3)32-22-12-8-4/h41-42,45H,5-40H2,1-4H3,(H,46,48)(H,47,49). The molecule has 0 saturated heterocycles. The molecule has 3 N–H and O–H groups in total. The molecule has 0 aromatic rings. The quantitative estimate of drug-likeness (QED) is 0.0560. The van der Waals surface area contributed by atoms with E-state index in [2.05, 4.69) is 43.6 Å². The van der Waals surface area contributed by atoms with Gasteiger partial charge in [0.15, 0.2) is 0 Å². The van der Waals surface area contributed by atoms with Crippen molar-refractivity contribution >= 4 is 11.8 Å². The van der Waals surface area contributed by atoms with Crippen LogP contribution in [0, 0.1) is 11.8 Å². The fourth-order valence-corrected chi connectivity index (χ4v) is 7.27. The first-order chi connectivity index (χ1) is 24.1. The van der Waals surface area contributed by atoms with Gasteiger partial charge in [-0.3, -0.25) is 9.59 Å². The van der Waals surface area contributed by atoms with E-state index in [0.717, 1.165) is 63.7 Å². The fourth-order valence-electron chi connectivity index (χ4n) is 7.27. The molecule has 0 unspecified atom stereocenters. The summed E-state index contributed by atoms with van der Waals surface area (Å²) >= 11 is 0. The number of carbonyl (C=O) groups is 2. The Bertz CT molecular complexity index is 609. The van der Waals surface area contributed by atoms with Crippen molar-refractivity contribution < 1.29 is 9.59 Å². The van der Waals surface area contributed by atoms with Gasteiger partial charge in [0.25, 0.3) is 0 Å². The Morgan fingerprint density at radius 2 is 0.653 bits per heavy atom. The van der Waals surface area contributed by atoms with Crippen molar-refractivity contribution in [1.82, 2.24) is 16.0 Å². The molecule has 0 aromatic carbocycles. The average Bonchev–Trinajstić information content (AvgIpc) is 3.10. The predicted molar refractivity (Wildman–Crippen MR) is 216 cm³/mol. The lowest BCUT2D eigenvalue weighted by atomic mass is 9.91. The van der Waals surface area contributed by atoms with Gasteiger partial charge >= 0.3 is 0 Å². The van der Waals surface area contributed by atoms with Gasteiger partial charge in [-0.1, -0.05) is 169 Å². The van der Waals surface area contributed by atoms with Crippen molar-refractivity contribution in [3.63, 3.8) is 0 Å². The van der Waals surface area contributed by atoms with Crippen molar-refractivity contribution in [3.05, 3.63) is 0 Å². The Morgan fingerprint density at radius 3 is 1.00 bits per heavy atom. The van der Waals surface area contributed by atoms with Crippen molar-refractivity contribution in [2.24, 2.45) is 11.8 Å². The number of carbonyl (C=O) groups excluding carboxylic acids is 2. The molecule has 0 bridgehead atoms. The van der Waals surface area contributed by atoms with E-state index in [1.807, 2.05) is 0 Å². The molecule has 0 fully saturated rings. The molecule has 49 heavy (non-hydrogen) atoms. The SMILES string of the molecule is CCCCCC(CCCCC)CCCNC(=O)CCCCCCCNCCCCCCCC(=O)NCCCC(CCCCC)CCCCC. The zero-order valence-electron chi connectivity index (χ0n) is 33.9. The molecule has 2 amide bonds. The first-order valence-electron chi connectivity index (χ1n) is 22.3. The number of unbranched alkanes of at least 4 members (excludes halogenated alkanes) is 16. The molecule has 0 spiro atoms. The number of hydrogen-bond donors (Lipinski definition) is 3. The van der Waals surface area contributed by atoms with Crippen LogP contribution in [0.4, 0.5) is 0 Å². The highest BCUT2D eigenvalue weighted by atomic mass is 16.2. The molecule has 5 nitrogen and oxygen atoms in total. The van der Waals surface area contributed by atoms with Gasteiger partial charge in [-0.05, 0) is 76.3 Å². The minimum absolute atomic E-state index is 0.253. The predicted octanol–water partition coefficient (Wildman–Crippen LogP) is 12.6. The normalized spacial score (nSPS) is 11.6. The van der Waals surface area contributed by atoms with Crippen LogP contribution in [0.15, 0.2) is 0 Å². The van der Waals surface area contributed by atoms with E-state index in [-0.39, 0.29) is 11.8 Å². The van der Waals surface area contributed by atoms with Crippen LogP contribution in [-0.4, -0.2) is 38.0 Å². The van der Waals surface area contributed by atoms with Crippen LogP contribution in [0.2, 0.25) is 0 Å². The minimum atomic E-state index is 0.253. The Balaban J connectivity index is 3.55. The van der Waals surface area contributed by atoms with Gasteiger partial charge in [0.1, 0.15) is 0 Å². The lowest BCUT2D eigenvalue weighted by molar-refractivity contribution is -0.122. The molecule has 5 heteroatoms. The van der Waals surface area contributed by atoms with Crippen molar-refractivity contribution in [2.75, 3.05) is 26.2 Å². The van der Waals surface area contributed by atoms with Gasteiger partial charge in [0.2, 0.25) is 11.8 Å². The second-order valence-corrected chi connectivity index (χ2v) is 15.5. The van der Waals surface area contributed by atoms with Crippen LogP contribution in [0.25, 0.3) is 0 Å². The smallest absolute Gasteiger partial charge is 0.219 e. The van der Waals surface area contributed by atoms with E-state index < -0.39 is 0 Å². The fraction of sp³-hybridized carbons (Fsp3) is 0.955.